The molecule has 1 aromatic heterocycles. The molecule has 100 valence electrons. The van der Waals surface area contributed by atoms with Crippen molar-refractivity contribution < 1.29 is 13.2 Å². The Labute approximate surface area is 116 Å². The molecule has 0 saturated carbocycles. The molecule has 2 N–H and O–H groups in total. The van der Waals surface area contributed by atoms with Gasteiger partial charge in [-0.1, -0.05) is 6.08 Å². The highest BCUT2D eigenvalue weighted by atomic mass is 35.5. The Morgan fingerprint density at radius 3 is 2.84 bits per heavy atom. The van der Waals surface area contributed by atoms with Crippen LogP contribution in [0.1, 0.15) is 5.56 Å². The highest BCUT2D eigenvalue weighted by molar-refractivity contribution is 7.89. The van der Waals surface area contributed by atoms with Gasteiger partial charge in [-0.05, 0) is 24.3 Å². The SMILES string of the molecule is Cl.NS(=O)(=O)c1ccc2ncc3c(c2c1)OCC=C3. The largest absolute Gasteiger partial charge is 0.488 e. The number of pyridine rings is 1. The number of nitrogens with zero attached hydrogens (tertiary/aromatic N) is 1. The highest BCUT2D eigenvalue weighted by Crippen LogP contribution is 2.32. The number of nitrogens with two attached hydrogens (primary N) is 1. The van der Waals surface area contributed by atoms with Crippen molar-refractivity contribution in [3.05, 3.63) is 36.0 Å². The molecule has 1 aliphatic heterocycles. The van der Waals surface area contributed by atoms with E-state index in [2.05, 4.69) is 4.98 Å². The van der Waals surface area contributed by atoms with Crippen LogP contribution in [0.2, 0.25) is 0 Å². The first-order chi connectivity index (χ1) is 8.55. The monoisotopic (exact) mass is 298 g/mol. The average molecular weight is 299 g/mol. The average Bonchev–Trinajstić information content (AvgIpc) is 2.37. The van der Waals surface area contributed by atoms with Crippen LogP contribution in [0.5, 0.6) is 5.75 Å². The molecule has 0 spiro atoms. The summed E-state index contributed by atoms with van der Waals surface area (Å²) < 4.78 is 28.2. The predicted octanol–water partition coefficient (Wildman–Crippen LogP) is 1.71. The van der Waals surface area contributed by atoms with Gasteiger partial charge in [0, 0.05) is 17.1 Å². The lowest BCUT2D eigenvalue weighted by Crippen LogP contribution is -2.12. The van der Waals surface area contributed by atoms with Gasteiger partial charge in [0.15, 0.2) is 0 Å². The minimum absolute atomic E-state index is 0. The van der Waals surface area contributed by atoms with E-state index in [-0.39, 0.29) is 17.3 Å². The van der Waals surface area contributed by atoms with Crippen LogP contribution < -0.4 is 9.88 Å². The third-order valence-electron chi connectivity index (χ3n) is 2.77. The second-order valence-electron chi connectivity index (χ2n) is 3.98. The van der Waals surface area contributed by atoms with Gasteiger partial charge in [0.05, 0.1) is 10.4 Å². The lowest BCUT2D eigenvalue weighted by Gasteiger charge is -2.14. The lowest BCUT2D eigenvalue weighted by molar-refractivity contribution is 0.362. The summed E-state index contributed by atoms with van der Waals surface area (Å²) in [4.78, 5) is 4.31. The molecular formula is C12H11ClN2O3S. The van der Waals surface area contributed by atoms with Gasteiger partial charge < -0.3 is 4.74 Å². The van der Waals surface area contributed by atoms with Gasteiger partial charge in [0.2, 0.25) is 10.0 Å². The first kappa shape index (κ1) is 13.8. The van der Waals surface area contributed by atoms with E-state index in [4.69, 9.17) is 9.88 Å². The van der Waals surface area contributed by atoms with Crippen LogP contribution in [-0.4, -0.2) is 20.0 Å². The maximum absolute atomic E-state index is 11.3. The molecule has 19 heavy (non-hydrogen) atoms. The van der Waals surface area contributed by atoms with Gasteiger partial charge in [-0.25, -0.2) is 13.6 Å². The smallest absolute Gasteiger partial charge is 0.238 e. The number of aromatic nitrogens is 1. The molecule has 0 unspecified atom stereocenters. The van der Waals surface area contributed by atoms with Crippen LogP contribution in [0.15, 0.2) is 35.4 Å². The predicted molar refractivity (Wildman–Crippen MR) is 74.9 cm³/mol. The van der Waals surface area contributed by atoms with Gasteiger partial charge >= 0.3 is 0 Å². The number of fused-ring (bicyclic) bond motifs is 3. The summed E-state index contributed by atoms with van der Waals surface area (Å²) in [7, 11) is -3.72. The molecule has 0 amide bonds. The lowest BCUT2D eigenvalue weighted by atomic mass is 10.1. The summed E-state index contributed by atoms with van der Waals surface area (Å²) >= 11 is 0. The molecule has 2 heterocycles. The van der Waals surface area contributed by atoms with Gasteiger partial charge in [0.25, 0.3) is 0 Å². The molecule has 1 aromatic carbocycles. The minimum Gasteiger partial charge on any atom is -0.488 e. The number of rotatable bonds is 1. The minimum atomic E-state index is -3.72. The fourth-order valence-corrected chi connectivity index (χ4v) is 2.47. The zero-order valence-electron chi connectivity index (χ0n) is 9.74. The molecule has 2 aromatic rings. The number of benzene rings is 1. The first-order valence-corrected chi connectivity index (χ1v) is 6.85. The summed E-state index contributed by atoms with van der Waals surface area (Å²) in [6.07, 6.45) is 5.47. The van der Waals surface area contributed by atoms with Crippen LogP contribution in [-0.2, 0) is 10.0 Å². The molecule has 0 aliphatic carbocycles. The second kappa shape index (κ2) is 4.80. The Kier molecular flexibility index (Phi) is 3.49. The molecular weight excluding hydrogens is 288 g/mol. The quantitative estimate of drug-likeness (QED) is 0.869. The zero-order chi connectivity index (χ0) is 12.8. The summed E-state index contributed by atoms with van der Waals surface area (Å²) in [5.41, 5.74) is 1.51. The van der Waals surface area contributed by atoms with Crippen LogP contribution in [0, 0.1) is 0 Å². The fourth-order valence-electron chi connectivity index (χ4n) is 1.93. The molecule has 0 bridgehead atoms. The van der Waals surface area contributed by atoms with E-state index >= 15 is 0 Å². The maximum Gasteiger partial charge on any atom is 0.238 e. The Bertz CT molecular complexity index is 772. The van der Waals surface area contributed by atoms with E-state index in [0.717, 1.165) is 5.56 Å². The Morgan fingerprint density at radius 1 is 1.32 bits per heavy atom. The van der Waals surface area contributed by atoms with Crippen molar-refractivity contribution in [2.24, 2.45) is 5.14 Å². The van der Waals surface area contributed by atoms with Crippen LogP contribution >= 0.6 is 12.4 Å². The maximum atomic E-state index is 11.3. The van der Waals surface area contributed by atoms with Crippen molar-refractivity contribution in [2.45, 2.75) is 4.90 Å². The van der Waals surface area contributed by atoms with Gasteiger partial charge in [-0.2, -0.15) is 0 Å². The second-order valence-corrected chi connectivity index (χ2v) is 5.54. The number of primary sulfonamides is 1. The standard InChI is InChI=1S/C12H10N2O3S.ClH/c13-18(15,16)9-3-4-11-10(6-9)12-8(7-14-11)2-1-5-17-12;/h1-4,6-7H,5H2,(H2,13,15,16);1H. The van der Waals surface area contributed by atoms with Crippen LogP contribution in [0.3, 0.4) is 0 Å². The highest BCUT2D eigenvalue weighted by Gasteiger charge is 2.14. The number of sulfonamides is 1. The van der Waals surface area contributed by atoms with Crippen LogP contribution in [0.25, 0.3) is 17.0 Å². The topological polar surface area (TPSA) is 82.3 Å². The summed E-state index contributed by atoms with van der Waals surface area (Å²) in [6.45, 7) is 0.464. The van der Waals surface area contributed by atoms with Crippen molar-refractivity contribution >= 4 is 39.4 Å². The molecule has 0 fully saturated rings. The number of halogens is 1. The van der Waals surface area contributed by atoms with Crippen molar-refractivity contribution in [2.75, 3.05) is 6.61 Å². The third-order valence-corrected chi connectivity index (χ3v) is 3.68. The molecule has 0 atom stereocenters. The molecule has 5 nitrogen and oxygen atoms in total. The molecule has 0 saturated heterocycles. The molecule has 7 heteroatoms. The molecule has 0 radical (unpaired) electrons. The van der Waals surface area contributed by atoms with Crippen LogP contribution in [0.4, 0.5) is 0 Å². The van der Waals surface area contributed by atoms with E-state index < -0.39 is 10.0 Å². The number of ether oxygens (including phenoxy) is 1. The van der Waals surface area contributed by atoms with E-state index in [1.54, 1.807) is 12.3 Å². The summed E-state index contributed by atoms with van der Waals surface area (Å²) in [6, 6.07) is 4.56. The van der Waals surface area contributed by atoms with E-state index in [0.29, 0.717) is 23.3 Å². The van der Waals surface area contributed by atoms with E-state index in [1.165, 1.54) is 12.1 Å². The normalized spacial score (nSPS) is 13.5. The molecule has 1 aliphatic rings. The van der Waals surface area contributed by atoms with Crippen molar-refractivity contribution in [3.63, 3.8) is 0 Å². The van der Waals surface area contributed by atoms with Gasteiger partial charge in [0.1, 0.15) is 12.4 Å². The first-order valence-electron chi connectivity index (χ1n) is 5.30. The van der Waals surface area contributed by atoms with E-state index in [1.807, 2.05) is 12.2 Å². The summed E-state index contributed by atoms with van der Waals surface area (Å²) in [5, 5.41) is 5.78. The number of hydrogen-bond acceptors (Lipinski definition) is 4. The zero-order valence-corrected chi connectivity index (χ0v) is 11.4. The van der Waals surface area contributed by atoms with Crippen molar-refractivity contribution in [3.8, 4) is 5.75 Å². The van der Waals surface area contributed by atoms with E-state index in [9.17, 15) is 8.42 Å². The molecule has 3 rings (SSSR count). The summed E-state index contributed by atoms with van der Waals surface area (Å²) in [5.74, 6) is 0.646. The van der Waals surface area contributed by atoms with Crippen molar-refractivity contribution in [1.29, 1.82) is 0 Å². The Hall–Kier alpha value is -1.63. The third kappa shape index (κ3) is 2.42. The number of hydrogen-bond donors (Lipinski definition) is 1. The Morgan fingerprint density at radius 2 is 2.11 bits per heavy atom. The van der Waals surface area contributed by atoms with Crippen molar-refractivity contribution in [1.82, 2.24) is 4.98 Å². The Balaban J connectivity index is 0.00000133. The van der Waals surface area contributed by atoms with Gasteiger partial charge in [-0.15, -0.1) is 12.4 Å². The van der Waals surface area contributed by atoms with Gasteiger partial charge in [-0.3, -0.25) is 4.98 Å². The fraction of sp³-hybridized carbons (Fsp3) is 0.0833.